The van der Waals surface area contributed by atoms with Gasteiger partial charge in [-0.15, -0.1) is 10.2 Å². The number of rotatable bonds is 3. The van der Waals surface area contributed by atoms with Crippen LogP contribution in [0.4, 0.5) is 0 Å². The molecule has 3 fully saturated rings. The molecule has 0 saturated heterocycles. The molecule has 0 radical (unpaired) electrons. The molecular formula is C16H24BrN3. The summed E-state index contributed by atoms with van der Waals surface area (Å²) >= 11 is 3.57. The highest BCUT2D eigenvalue weighted by Crippen LogP contribution is 2.47. The summed E-state index contributed by atoms with van der Waals surface area (Å²) in [6, 6.07) is 0.705. The first-order valence-corrected chi connectivity index (χ1v) is 9.48. The van der Waals surface area contributed by atoms with Gasteiger partial charge in [0.15, 0.2) is 0 Å². The van der Waals surface area contributed by atoms with Gasteiger partial charge in [-0.3, -0.25) is 0 Å². The SMILES string of the molecule is BrCc1nnc(C2CCC3CCCCC3C2)n1C1CC1. The first kappa shape index (κ1) is 13.3. The van der Waals surface area contributed by atoms with Crippen LogP contribution >= 0.6 is 15.9 Å². The van der Waals surface area contributed by atoms with Gasteiger partial charge in [-0.1, -0.05) is 41.6 Å². The Labute approximate surface area is 129 Å². The molecule has 3 aliphatic rings. The topological polar surface area (TPSA) is 30.7 Å². The van der Waals surface area contributed by atoms with Crippen LogP contribution in [-0.2, 0) is 5.33 Å². The normalized spacial score (nSPS) is 34.0. The molecule has 0 spiro atoms. The summed E-state index contributed by atoms with van der Waals surface area (Å²) in [6.45, 7) is 0. The Kier molecular flexibility index (Phi) is 3.61. The Balaban J connectivity index is 1.57. The third-order valence-corrected chi connectivity index (χ3v) is 6.23. The maximum Gasteiger partial charge on any atom is 0.143 e. The van der Waals surface area contributed by atoms with Crippen molar-refractivity contribution in [3.8, 4) is 0 Å². The summed E-state index contributed by atoms with van der Waals surface area (Å²) in [6.07, 6.45) is 12.7. The van der Waals surface area contributed by atoms with Crippen molar-refractivity contribution in [2.75, 3.05) is 0 Å². The summed E-state index contributed by atoms with van der Waals surface area (Å²) in [7, 11) is 0. The lowest BCUT2D eigenvalue weighted by Crippen LogP contribution is -2.28. The lowest BCUT2D eigenvalue weighted by molar-refractivity contribution is 0.151. The number of nitrogens with zero attached hydrogens (tertiary/aromatic N) is 3. The van der Waals surface area contributed by atoms with Gasteiger partial charge < -0.3 is 4.57 Å². The lowest BCUT2D eigenvalue weighted by atomic mass is 9.67. The maximum absolute atomic E-state index is 4.59. The van der Waals surface area contributed by atoms with E-state index >= 15 is 0 Å². The zero-order valence-corrected chi connectivity index (χ0v) is 13.7. The van der Waals surface area contributed by atoms with E-state index in [-0.39, 0.29) is 0 Å². The molecule has 3 saturated carbocycles. The molecule has 3 atom stereocenters. The van der Waals surface area contributed by atoms with Gasteiger partial charge in [-0.05, 0) is 43.9 Å². The van der Waals surface area contributed by atoms with Crippen LogP contribution in [0.25, 0.3) is 0 Å². The highest BCUT2D eigenvalue weighted by molar-refractivity contribution is 9.08. The zero-order chi connectivity index (χ0) is 13.5. The number of hydrogen-bond donors (Lipinski definition) is 0. The largest absolute Gasteiger partial charge is 0.311 e. The summed E-state index contributed by atoms with van der Waals surface area (Å²) in [5.74, 6) is 5.13. The molecule has 1 aromatic heterocycles. The fraction of sp³-hybridized carbons (Fsp3) is 0.875. The summed E-state index contributed by atoms with van der Waals surface area (Å²) in [5.41, 5.74) is 0. The standard InChI is InChI=1S/C16H24BrN3/c17-10-15-18-19-16(20(15)14-7-8-14)13-6-5-11-3-1-2-4-12(11)9-13/h11-14H,1-10H2. The first-order chi connectivity index (χ1) is 9.86. The average Bonchev–Trinajstić information content (AvgIpc) is 3.25. The molecule has 4 heteroatoms. The van der Waals surface area contributed by atoms with Crippen molar-refractivity contribution < 1.29 is 0 Å². The number of fused-ring (bicyclic) bond motifs is 1. The third-order valence-electron chi connectivity index (χ3n) is 5.73. The van der Waals surface area contributed by atoms with E-state index in [1.165, 1.54) is 63.6 Å². The number of alkyl halides is 1. The number of halogens is 1. The van der Waals surface area contributed by atoms with E-state index in [1.54, 1.807) is 0 Å². The second-order valence-electron chi connectivity index (χ2n) is 7.02. The van der Waals surface area contributed by atoms with Crippen molar-refractivity contribution in [1.82, 2.24) is 14.8 Å². The molecular weight excluding hydrogens is 314 g/mol. The predicted octanol–water partition coefficient (Wildman–Crippen LogP) is 4.58. The van der Waals surface area contributed by atoms with Gasteiger partial charge in [0.1, 0.15) is 11.6 Å². The van der Waals surface area contributed by atoms with Gasteiger partial charge >= 0.3 is 0 Å². The molecule has 1 aromatic rings. The van der Waals surface area contributed by atoms with Crippen LogP contribution in [0, 0.1) is 11.8 Å². The summed E-state index contributed by atoms with van der Waals surface area (Å²) < 4.78 is 2.47. The fourth-order valence-electron chi connectivity index (χ4n) is 4.55. The van der Waals surface area contributed by atoms with E-state index in [0.29, 0.717) is 12.0 Å². The Hall–Kier alpha value is -0.380. The van der Waals surface area contributed by atoms with Crippen molar-refractivity contribution in [1.29, 1.82) is 0 Å². The molecule has 20 heavy (non-hydrogen) atoms. The molecule has 0 bridgehead atoms. The first-order valence-electron chi connectivity index (χ1n) is 8.36. The average molecular weight is 338 g/mol. The van der Waals surface area contributed by atoms with Gasteiger partial charge in [0.25, 0.3) is 0 Å². The van der Waals surface area contributed by atoms with Gasteiger partial charge in [0.2, 0.25) is 0 Å². The van der Waals surface area contributed by atoms with Gasteiger partial charge in [-0.2, -0.15) is 0 Å². The molecule has 0 aliphatic heterocycles. The Bertz CT molecular complexity index is 480. The Morgan fingerprint density at radius 1 is 0.950 bits per heavy atom. The van der Waals surface area contributed by atoms with Crippen LogP contribution in [0.1, 0.15) is 81.4 Å². The van der Waals surface area contributed by atoms with Crippen molar-refractivity contribution in [2.24, 2.45) is 11.8 Å². The molecule has 110 valence electrons. The van der Waals surface area contributed by atoms with Gasteiger partial charge in [-0.25, -0.2) is 0 Å². The minimum atomic E-state index is 0.676. The smallest absolute Gasteiger partial charge is 0.143 e. The van der Waals surface area contributed by atoms with E-state index in [0.717, 1.165) is 23.0 Å². The molecule has 3 nitrogen and oxygen atoms in total. The van der Waals surface area contributed by atoms with Crippen molar-refractivity contribution in [3.63, 3.8) is 0 Å². The van der Waals surface area contributed by atoms with Gasteiger partial charge in [0, 0.05) is 12.0 Å². The zero-order valence-electron chi connectivity index (χ0n) is 12.1. The fourth-order valence-corrected chi connectivity index (χ4v) is 4.93. The molecule has 3 aliphatic carbocycles. The van der Waals surface area contributed by atoms with Crippen molar-refractivity contribution in [2.45, 2.75) is 75.1 Å². The molecule has 0 N–H and O–H groups in total. The van der Waals surface area contributed by atoms with Crippen LogP contribution in [0.3, 0.4) is 0 Å². The second kappa shape index (κ2) is 5.43. The van der Waals surface area contributed by atoms with E-state index < -0.39 is 0 Å². The van der Waals surface area contributed by atoms with Crippen LogP contribution in [-0.4, -0.2) is 14.8 Å². The lowest BCUT2D eigenvalue weighted by Gasteiger charge is -2.39. The molecule has 4 rings (SSSR count). The molecule has 3 unspecified atom stereocenters. The summed E-state index contributed by atoms with van der Waals surface area (Å²) in [4.78, 5) is 0. The van der Waals surface area contributed by atoms with Crippen LogP contribution in [0.15, 0.2) is 0 Å². The van der Waals surface area contributed by atoms with E-state index in [4.69, 9.17) is 0 Å². The Morgan fingerprint density at radius 2 is 1.75 bits per heavy atom. The predicted molar refractivity (Wildman–Crippen MR) is 83.0 cm³/mol. The number of hydrogen-bond acceptors (Lipinski definition) is 2. The van der Waals surface area contributed by atoms with Gasteiger partial charge in [0.05, 0.1) is 5.33 Å². The third kappa shape index (κ3) is 2.34. The molecule has 0 aromatic carbocycles. The minimum Gasteiger partial charge on any atom is -0.311 e. The minimum absolute atomic E-state index is 0.676. The highest BCUT2D eigenvalue weighted by atomic mass is 79.9. The summed E-state index contributed by atoms with van der Waals surface area (Å²) in [5, 5.41) is 9.88. The van der Waals surface area contributed by atoms with E-state index in [2.05, 4.69) is 30.7 Å². The number of aromatic nitrogens is 3. The van der Waals surface area contributed by atoms with Crippen molar-refractivity contribution >= 4 is 15.9 Å². The molecule has 0 amide bonds. The van der Waals surface area contributed by atoms with E-state index in [1.807, 2.05) is 0 Å². The van der Waals surface area contributed by atoms with E-state index in [9.17, 15) is 0 Å². The highest BCUT2D eigenvalue weighted by Gasteiger charge is 2.37. The van der Waals surface area contributed by atoms with Crippen molar-refractivity contribution in [3.05, 3.63) is 11.6 Å². The van der Waals surface area contributed by atoms with Crippen LogP contribution in [0.5, 0.6) is 0 Å². The Morgan fingerprint density at radius 3 is 2.50 bits per heavy atom. The second-order valence-corrected chi connectivity index (χ2v) is 7.58. The van der Waals surface area contributed by atoms with Crippen LogP contribution < -0.4 is 0 Å². The monoisotopic (exact) mass is 337 g/mol. The quantitative estimate of drug-likeness (QED) is 0.755. The van der Waals surface area contributed by atoms with Crippen LogP contribution in [0.2, 0.25) is 0 Å². The molecule has 1 heterocycles. The maximum atomic E-state index is 4.59.